The number of nitrogens with one attached hydrogen (secondary N) is 1. The largest absolute Gasteiger partial charge is 0.491 e. The fraction of sp³-hybridized carbons (Fsp3) is 0.381. The van der Waals surface area contributed by atoms with Gasteiger partial charge in [-0.1, -0.05) is 29.8 Å². The van der Waals surface area contributed by atoms with E-state index in [1.807, 2.05) is 32.0 Å². The summed E-state index contributed by atoms with van der Waals surface area (Å²) in [5, 5.41) is 3.14. The van der Waals surface area contributed by atoms with Crippen molar-refractivity contribution >= 4 is 33.2 Å². The summed E-state index contributed by atoms with van der Waals surface area (Å²) in [6.07, 6.45) is 1.07. The van der Waals surface area contributed by atoms with Gasteiger partial charge in [-0.2, -0.15) is 0 Å². The summed E-state index contributed by atoms with van der Waals surface area (Å²) in [5.41, 5.74) is 3.19. The van der Waals surface area contributed by atoms with Gasteiger partial charge in [0.15, 0.2) is 0 Å². The number of ether oxygens (including phenoxy) is 1. The van der Waals surface area contributed by atoms with Crippen molar-refractivity contribution in [3.8, 4) is 5.75 Å². The Balaban J connectivity index is 2.06. The number of amides is 1. The minimum absolute atomic E-state index is 0.253. The molecule has 0 bridgehead atoms. The minimum atomic E-state index is -3.70. The topological polar surface area (TPSA) is 75.7 Å². The van der Waals surface area contributed by atoms with Crippen molar-refractivity contribution in [2.45, 2.75) is 33.7 Å². The molecule has 6 nitrogen and oxygen atoms in total. The Morgan fingerprint density at radius 1 is 1.14 bits per heavy atom. The van der Waals surface area contributed by atoms with Crippen molar-refractivity contribution in [1.82, 2.24) is 5.32 Å². The zero-order valence-corrected chi connectivity index (χ0v) is 18.9. The van der Waals surface area contributed by atoms with Crippen LogP contribution >= 0.6 is 11.6 Å². The van der Waals surface area contributed by atoms with E-state index in [-0.39, 0.29) is 13.2 Å². The van der Waals surface area contributed by atoms with E-state index in [1.165, 1.54) is 0 Å². The lowest BCUT2D eigenvalue weighted by Crippen LogP contribution is -2.48. The van der Waals surface area contributed by atoms with Crippen LogP contribution < -0.4 is 14.4 Å². The van der Waals surface area contributed by atoms with E-state index in [0.29, 0.717) is 16.3 Å². The molecular weight excluding hydrogens is 412 g/mol. The molecule has 1 amide bonds. The van der Waals surface area contributed by atoms with Crippen LogP contribution in [0.5, 0.6) is 5.75 Å². The Kier molecular flexibility index (Phi) is 7.54. The smallest absolute Gasteiger partial charge is 0.243 e. The van der Waals surface area contributed by atoms with Gasteiger partial charge in [-0.3, -0.25) is 9.10 Å². The van der Waals surface area contributed by atoms with Gasteiger partial charge in [0.1, 0.15) is 18.4 Å². The standard InChI is InChI=1S/C21H27ClN2O4S/c1-14-6-7-16(3)20(12-14)28-11-10-23-21(25)17(4)24(29(5,26)27)19-13-18(22)9-8-15(19)2/h6-9,12-13,17H,10-11H2,1-5H3,(H,23,25). The molecular formula is C21H27ClN2O4S. The number of nitrogens with zero attached hydrogens (tertiary/aromatic N) is 1. The van der Waals surface area contributed by atoms with Crippen LogP contribution in [0, 0.1) is 20.8 Å². The fourth-order valence-electron chi connectivity index (χ4n) is 2.95. The molecule has 29 heavy (non-hydrogen) atoms. The molecule has 1 atom stereocenters. The van der Waals surface area contributed by atoms with Crippen molar-refractivity contribution in [3.63, 3.8) is 0 Å². The Morgan fingerprint density at radius 3 is 2.45 bits per heavy atom. The van der Waals surface area contributed by atoms with Gasteiger partial charge in [-0.25, -0.2) is 8.42 Å². The summed E-state index contributed by atoms with van der Waals surface area (Å²) in [6, 6.07) is 9.92. The molecule has 0 aliphatic rings. The van der Waals surface area contributed by atoms with Crippen molar-refractivity contribution in [2.24, 2.45) is 0 Å². The second-order valence-electron chi connectivity index (χ2n) is 7.07. The van der Waals surface area contributed by atoms with Gasteiger partial charge in [-0.05, 0) is 62.6 Å². The molecule has 0 spiro atoms. The van der Waals surface area contributed by atoms with Gasteiger partial charge in [0, 0.05) is 5.02 Å². The molecule has 2 aromatic rings. The highest BCUT2D eigenvalue weighted by atomic mass is 35.5. The van der Waals surface area contributed by atoms with Crippen LogP contribution in [0.1, 0.15) is 23.6 Å². The second kappa shape index (κ2) is 9.50. The summed E-state index contributed by atoms with van der Waals surface area (Å²) >= 11 is 6.04. The van der Waals surface area contributed by atoms with Gasteiger partial charge in [-0.15, -0.1) is 0 Å². The molecule has 2 rings (SSSR count). The summed E-state index contributed by atoms with van der Waals surface area (Å²) in [5.74, 6) is 0.346. The summed E-state index contributed by atoms with van der Waals surface area (Å²) in [6.45, 7) is 7.77. The average Bonchev–Trinajstić information content (AvgIpc) is 2.63. The van der Waals surface area contributed by atoms with Gasteiger partial charge in [0.05, 0.1) is 18.5 Å². The Bertz CT molecular complexity index is 992. The number of hydrogen-bond donors (Lipinski definition) is 1. The molecule has 8 heteroatoms. The van der Waals surface area contributed by atoms with E-state index in [2.05, 4.69) is 5.32 Å². The van der Waals surface area contributed by atoms with Crippen molar-refractivity contribution in [1.29, 1.82) is 0 Å². The first kappa shape index (κ1) is 23.0. The highest BCUT2D eigenvalue weighted by molar-refractivity contribution is 7.92. The van der Waals surface area contributed by atoms with Gasteiger partial charge in [0.2, 0.25) is 15.9 Å². The minimum Gasteiger partial charge on any atom is -0.491 e. The van der Waals surface area contributed by atoms with Crippen LogP contribution in [0.25, 0.3) is 0 Å². The highest BCUT2D eigenvalue weighted by Crippen LogP contribution is 2.28. The predicted octanol–water partition coefficient (Wildman–Crippen LogP) is 3.61. The number of rotatable bonds is 8. The van der Waals surface area contributed by atoms with E-state index in [0.717, 1.165) is 27.4 Å². The third-order valence-corrected chi connectivity index (χ3v) is 5.96. The maximum Gasteiger partial charge on any atom is 0.243 e. The molecule has 0 aliphatic carbocycles. The molecule has 2 aromatic carbocycles. The van der Waals surface area contributed by atoms with Gasteiger partial charge < -0.3 is 10.1 Å². The fourth-order valence-corrected chi connectivity index (χ4v) is 4.34. The number of halogens is 1. The lowest BCUT2D eigenvalue weighted by Gasteiger charge is -2.29. The SMILES string of the molecule is Cc1ccc(C)c(OCCNC(=O)C(C)N(c2cc(Cl)ccc2C)S(C)(=O)=O)c1. The van der Waals surface area contributed by atoms with Gasteiger partial charge >= 0.3 is 0 Å². The average molecular weight is 439 g/mol. The summed E-state index contributed by atoms with van der Waals surface area (Å²) in [7, 11) is -3.70. The summed E-state index contributed by atoms with van der Waals surface area (Å²) < 4.78 is 31.6. The first-order valence-corrected chi connectivity index (χ1v) is 11.5. The Morgan fingerprint density at radius 2 is 1.79 bits per heavy atom. The number of aryl methyl sites for hydroxylation is 3. The van der Waals surface area contributed by atoms with Crippen LogP contribution in [-0.2, 0) is 14.8 Å². The van der Waals surface area contributed by atoms with Crippen LogP contribution in [0.4, 0.5) is 5.69 Å². The molecule has 1 unspecified atom stereocenters. The molecule has 1 N–H and O–H groups in total. The lowest BCUT2D eigenvalue weighted by molar-refractivity contribution is -0.121. The maximum absolute atomic E-state index is 12.6. The number of benzene rings is 2. The highest BCUT2D eigenvalue weighted by Gasteiger charge is 2.30. The van der Waals surface area contributed by atoms with E-state index in [1.54, 1.807) is 32.0 Å². The normalized spacial score (nSPS) is 12.3. The molecule has 0 saturated heterocycles. The number of carbonyl (C=O) groups is 1. The van der Waals surface area contributed by atoms with Crippen molar-refractivity contribution in [2.75, 3.05) is 23.7 Å². The molecule has 0 heterocycles. The van der Waals surface area contributed by atoms with Crippen molar-refractivity contribution in [3.05, 3.63) is 58.1 Å². The Hall–Kier alpha value is -2.25. The predicted molar refractivity (Wildman–Crippen MR) is 117 cm³/mol. The zero-order valence-electron chi connectivity index (χ0n) is 17.3. The number of carbonyl (C=O) groups excluding carboxylic acids is 1. The van der Waals surface area contributed by atoms with Crippen LogP contribution in [0.2, 0.25) is 5.02 Å². The number of hydrogen-bond acceptors (Lipinski definition) is 4. The third kappa shape index (κ3) is 6.11. The molecule has 0 radical (unpaired) electrons. The zero-order chi connectivity index (χ0) is 21.8. The quantitative estimate of drug-likeness (QED) is 0.639. The van der Waals surface area contributed by atoms with Crippen LogP contribution in [-0.4, -0.2) is 39.8 Å². The number of sulfonamides is 1. The molecule has 0 aliphatic heterocycles. The molecule has 0 aromatic heterocycles. The van der Waals surface area contributed by atoms with Crippen LogP contribution in [0.15, 0.2) is 36.4 Å². The van der Waals surface area contributed by atoms with E-state index in [9.17, 15) is 13.2 Å². The lowest BCUT2D eigenvalue weighted by atomic mass is 10.1. The first-order valence-electron chi connectivity index (χ1n) is 9.24. The second-order valence-corrected chi connectivity index (χ2v) is 9.37. The van der Waals surface area contributed by atoms with Crippen LogP contribution in [0.3, 0.4) is 0 Å². The number of anilines is 1. The molecule has 0 saturated carbocycles. The monoisotopic (exact) mass is 438 g/mol. The van der Waals surface area contributed by atoms with E-state index >= 15 is 0 Å². The maximum atomic E-state index is 12.6. The Labute approximate surface area is 177 Å². The van der Waals surface area contributed by atoms with E-state index in [4.69, 9.17) is 16.3 Å². The first-order chi connectivity index (χ1) is 13.5. The van der Waals surface area contributed by atoms with E-state index < -0.39 is 22.0 Å². The third-order valence-electron chi connectivity index (χ3n) is 4.50. The van der Waals surface area contributed by atoms with Gasteiger partial charge in [0.25, 0.3) is 0 Å². The van der Waals surface area contributed by atoms with Crippen molar-refractivity contribution < 1.29 is 17.9 Å². The summed E-state index contributed by atoms with van der Waals surface area (Å²) in [4.78, 5) is 12.6. The molecule has 0 fully saturated rings. The molecule has 158 valence electrons.